The molecule has 2 amide bonds. The van der Waals surface area contributed by atoms with Crippen molar-refractivity contribution < 1.29 is 23.8 Å². The third-order valence-corrected chi connectivity index (χ3v) is 3.50. The molecular formula is C19H22N2O5. The van der Waals surface area contributed by atoms with Gasteiger partial charge in [0.1, 0.15) is 17.2 Å². The Bertz CT molecular complexity index is 759. The first kappa shape index (κ1) is 19.1. The summed E-state index contributed by atoms with van der Waals surface area (Å²) in [4.78, 5) is 23.8. The predicted octanol–water partition coefficient (Wildman–Crippen LogP) is 2.15. The average Bonchev–Trinajstić information content (AvgIpc) is 2.65. The Morgan fingerprint density at radius 2 is 1.62 bits per heavy atom. The van der Waals surface area contributed by atoms with Gasteiger partial charge in [-0.3, -0.25) is 9.59 Å². The van der Waals surface area contributed by atoms with Crippen LogP contribution >= 0.6 is 0 Å². The number of aryl methyl sites for hydroxylation is 1. The molecule has 0 bridgehead atoms. The molecule has 2 aromatic rings. The lowest BCUT2D eigenvalue weighted by atomic mass is 10.2. The standard InChI is InChI=1S/C19H22N2O5/c1-13-4-9-17(25-3)16(10-13)21-18(22)11-20-19(23)12-26-15-7-5-14(24-2)6-8-15/h4-10H,11-12H2,1-3H3,(H,20,23)(H,21,22). The number of hydrogen-bond acceptors (Lipinski definition) is 5. The number of rotatable bonds is 8. The Balaban J connectivity index is 1.77. The molecule has 0 unspecified atom stereocenters. The zero-order chi connectivity index (χ0) is 18.9. The van der Waals surface area contributed by atoms with E-state index in [1.807, 2.05) is 13.0 Å². The number of methoxy groups -OCH3 is 2. The molecule has 2 N–H and O–H groups in total. The summed E-state index contributed by atoms with van der Waals surface area (Å²) in [6.07, 6.45) is 0. The zero-order valence-electron chi connectivity index (χ0n) is 15.0. The van der Waals surface area contributed by atoms with E-state index in [4.69, 9.17) is 14.2 Å². The minimum atomic E-state index is -0.396. The van der Waals surface area contributed by atoms with E-state index in [0.29, 0.717) is 22.9 Å². The van der Waals surface area contributed by atoms with Crippen molar-refractivity contribution in [2.24, 2.45) is 0 Å². The van der Waals surface area contributed by atoms with Crippen LogP contribution < -0.4 is 24.8 Å². The van der Waals surface area contributed by atoms with Gasteiger partial charge in [0.25, 0.3) is 5.91 Å². The summed E-state index contributed by atoms with van der Waals surface area (Å²) in [5.74, 6) is 1.04. The van der Waals surface area contributed by atoms with Gasteiger partial charge in [0.05, 0.1) is 26.5 Å². The molecule has 0 aliphatic rings. The Hall–Kier alpha value is -3.22. The highest BCUT2D eigenvalue weighted by molar-refractivity contribution is 5.95. The quantitative estimate of drug-likeness (QED) is 0.755. The lowest BCUT2D eigenvalue weighted by Crippen LogP contribution is -2.35. The lowest BCUT2D eigenvalue weighted by Gasteiger charge is -2.12. The van der Waals surface area contributed by atoms with Crippen molar-refractivity contribution in [1.29, 1.82) is 0 Å². The van der Waals surface area contributed by atoms with Crippen LogP contribution in [0.3, 0.4) is 0 Å². The van der Waals surface area contributed by atoms with Crippen LogP contribution in [0.1, 0.15) is 5.56 Å². The van der Waals surface area contributed by atoms with Crippen LogP contribution in [0.5, 0.6) is 17.2 Å². The molecule has 7 nitrogen and oxygen atoms in total. The second-order valence-electron chi connectivity index (χ2n) is 5.49. The molecule has 2 rings (SSSR count). The van der Waals surface area contributed by atoms with Gasteiger partial charge in [0, 0.05) is 0 Å². The van der Waals surface area contributed by atoms with E-state index in [1.54, 1.807) is 43.5 Å². The zero-order valence-corrected chi connectivity index (χ0v) is 15.0. The van der Waals surface area contributed by atoms with Crippen molar-refractivity contribution in [2.75, 3.05) is 32.7 Å². The molecule has 0 radical (unpaired) electrons. The van der Waals surface area contributed by atoms with Crippen molar-refractivity contribution in [3.05, 3.63) is 48.0 Å². The first-order valence-corrected chi connectivity index (χ1v) is 8.00. The van der Waals surface area contributed by atoms with E-state index in [-0.39, 0.29) is 19.1 Å². The highest BCUT2D eigenvalue weighted by atomic mass is 16.5. The highest BCUT2D eigenvalue weighted by Crippen LogP contribution is 2.24. The van der Waals surface area contributed by atoms with Crippen LogP contribution in [0, 0.1) is 6.92 Å². The largest absolute Gasteiger partial charge is 0.497 e. The highest BCUT2D eigenvalue weighted by Gasteiger charge is 2.10. The maximum absolute atomic E-state index is 12.0. The number of carbonyl (C=O) groups excluding carboxylic acids is 2. The number of amides is 2. The minimum Gasteiger partial charge on any atom is -0.497 e. The first-order chi connectivity index (χ1) is 12.5. The number of hydrogen-bond donors (Lipinski definition) is 2. The summed E-state index contributed by atoms with van der Waals surface area (Å²) in [5, 5.41) is 5.22. The third kappa shape index (κ3) is 5.70. The van der Waals surface area contributed by atoms with E-state index in [9.17, 15) is 9.59 Å². The SMILES string of the molecule is COc1ccc(OCC(=O)NCC(=O)Nc2cc(C)ccc2OC)cc1. The van der Waals surface area contributed by atoms with E-state index in [1.165, 1.54) is 7.11 Å². The Morgan fingerprint density at radius 3 is 2.27 bits per heavy atom. The van der Waals surface area contributed by atoms with Gasteiger partial charge in [-0.2, -0.15) is 0 Å². The first-order valence-electron chi connectivity index (χ1n) is 8.00. The minimum absolute atomic E-state index is 0.165. The second kappa shape index (κ2) is 9.31. The van der Waals surface area contributed by atoms with Gasteiger partial charge in [-0.1, -0.05) is 6.07 Å². The summed E-state index contributed by atoms with van der Waals surface area (Å²) in [5.41, 5.74) is 1.54. The summed E-state index contributed by atoms with van der Waals surface area (Å²) >= 11 is 0. The van der Waals surface area contributed by atoms with Gasteiger partial charge >= 0.3 is 0 Å². The van der Waals surface area contributed by atoms with Crippen LogP contribution in [0.25, 0.3) is 0 Å². The molecule has 0 atom stereocenters. The molecule has 0 spiro atoms. The Kier molecular flexibility index (Phi) is 6.84. The van der Waals surface area contributed by atoms with Crippen LogP contribution in [0.15, 0.2) is 42.5 Å². The van der Waals surface area contributed by atoms with Crippen LogP contribution in [0.4, 0.5) is 5.69 Å². The Labute approximate surface area is 152 Å². The molecule has 26 heavy (non-hydrogen) atoms. The number of ether oxygens (including phenoxy) is 3. The number of benzene rings is 2. The maximum Gasteiger partial charge on any atom is 0.258 e. The molecule has 2 aromatic carbocycles. The molecule has 0 aromatic heterocycles. The number of anilines is 1. The lowest BCUT2D eigenvalue weighted by molar-refractivity contribution is -0.125. The third-order valence-electron chi connectivity index (χ3n) is 3.50. The normalized spacial score (nSPS) is 9.96. The summed E-state index contributed by atoms with van der Waals surface area (Å²) in [6, 6.07) is 12.3. The van der Waals surface area contributed by atoms with Gasteiger partial charge < -0.3 is 24.8 Å². The molecule has 0 aliphatic heterocycles. The molecule has 7 heteroatoms. The van der Waals surface area contributed by atoms with Crippen LogP contribution in [-0.4, -0.2) is 39.2 Å². The number of nitrogens with one attached hydrogen (secondary N) is 2. The monoisotopic (exact) mass is 358 g/mol. The molecule has 0 saturated carbocycles. The molecule has 0 fully saturated rings. The van der Waals surface area contributed by atoms with Crippen molar-refractivity contribution in [3.8, 4) is 17.2 Å². The van der Waals surface area contributed by atoms with Gasteiger partial charge in [-0.25, -0.2) is 0 Å². The van der Waals surface area contributed by atoms with E-state index in [2.05, 4.69) is 10.6 Å². The molecule has 0 saturated heterocycles. The van der Waals surface area contributed by atoms with Crippen molar-refractivity contribution in [2.45, 2.75) is 6.92 Å². The van der Waals surface area contributed by atoms with Gasteiger partial charge in [-0.05, 0) is 48.9 Å². The summed E-state index contributed by atoms with van der Waals surface area (Å²) in [6.45, 7) is 1.56. The van der Waals surface area contributed by atoms with Crippen molar-refractivity contribution >= 4 is 17.5 Å². The molecule has 138 valence electrons. The summed E-state index contributed by atoms with van der Waals surface area (Å²) < 4.78 is 15.6. The smallest absolute Gasteiger partial charge is 0.258 e. The number of carbonyl (C=O) groups is 2. The van der Waals surface area contributed by atoms with Gasteiger partial charge in [0.15, 0.2) is 6.61 Å². The fourth-order valence-electron chi connectivity index (χ4n) is 2.16. The van der Waals surface area contributed by atoms with Crippen LogP contribution in [-0.2, 0) is 9.59 Å². The summed E-state index contributed by atoms with van der Waals surface area (Å²) in [7, 11) is 3.10. The van der Waals surface area contributed by atoms with E-state index < -0.39 is 5.91 Å². The van der Waals surface area contributed by atoms with E-state index in [0.717, 1.165) is 5.56 Å². The fraction of sp³-hybridized carbons (Fsp3) is 0.263. The molecule has 0 heterocycles. The van der Waals surface area contributed by atoms with Crippen LogP contribution in [0.2, 0.25) is 0 Å². The molecule has 0 aliphatic carbocycles. The topological polar surface area (TPSA) is 85.9 Å². The average molecular weight is 358 g/mol. The molecular weight excluding hydrogens is 336 g/mol. The second-order valence-corrected chi connectivity index (χ2v) is 5.49. The predicted molar refractivity (Wildman–Crippen MR) is 97.9 cm³/mol. The van der Waals surface area contributed by atoms with Crippen molar-refractivity contribution in [1.82, 2.24) is 5.32 Å². The fourth-order valence-corrected chi connectivity index (χ4v) is 2.16. The van der Waals surface area contributed by atoms with Gasteiger partial charge in [0.2, 0.25) is 5.91 Å². The maximum atomic E-state index is 12.0. The van der Waals surface area contributed by atoms with Gasteiger partial charge in [-0.15, -0.1) is 0 Å². The van der Waals surface area contributed by atoms with Crippen molar-refractivity contribution in [3.63, 3.8) is 0 Å². The van der Waals surface area contributed by atoms with E-state index >= 15 is 0 Å². The Morgan fingerprint density at radius 1 is 0.923 bits per heavy atom.